The maximum Gasteiger partial charge on any atom is 0.147 e. The quantitative estimate of drug-likeness (QED) is 0.809. The fourth-order valence-electron chi connectivity index (χ4n) is 0.858. The third-order valence-electron chi connectivity index (χ3n) is 1.54. The van der Waals surface area contributed by atoms with Crippen molar-refractivity contribution in [2.45, 2.75) is 12.5 Å². The summed E-state index contributed by atoms with van der Waals surface area (Å²) >= 11 is 1.33. The van der Waals surface area contributed by atoms with Crippen molar-refractivity contribution >= 4 is 21.2 Å². The lowest BCUT2D eigenvalue weighted by atomic mass is 10.2. The predicted molar refractivity (Wildman–Crippen MR) is 51.4 cm³/mol. The second-order valence-corrected chi connectivity index (χ2v) is 6.02. The summed E-state index contributed by atoms with van der Waals surface area (Å²) in [5.41, 5.74) is 1.61. The van der Waals surface area contributed by atoms with Crippen molar-refractivity contribution in [3.8, 4) is 0 Å². The Morgan fingerprint density at radius 2 is 2.38 bits per heavy atom. The number of hydrogen-bond acceptors (Lipinski definition) is 5. The van der Waals surface area contributed by atoms with Crippen LogP contribution in [0.3, 0.4) is 0 Å². The fraction of sp³-hybridized carbons (Fsp3) is 0.571. The minimum atomic E-state index is -2.99. The topological polar surface area (TPSA) is 67.3 Å². The molecule has 6 heteroatoms. The van der Waals surface area contributed by atoms with E-state index in [2.05, 4.69) is 4.98 Å². The second-order valence-electron chi connectivity index (χ2n) is 2.84. The van der Waals surface area contributed by atoms with Crippen LogP contribution in [0.4, 0.5) is 0 Å². The zero-order chi connectivity index (χ0) is 9.90. The molecule has 0 saturated carbocycles. The average molecular weight is 221 g/mol. The van der Waals surface area contributed by atoms with Crippen molar-refractivity contribution in [2.75, 3.05) is 12.0 Å². The summed E-state index contributed by atoms with van der Waals surface area (Å²) < 4.78 is 21.6. The van der Waals surface area contributed by atoms with E-state index in [0.29, 0.717) is 4.88 Å². The highest BCUT2D eigenvalue weighted by Crippen LogP contribution is 2.20. The van der Waals surface area contributed by atoms with Crippen LogP contribution >= 0.6 is 11.3 Å². The van der Waals surface area contributed by atoms with Crippen LogP contribution in [0.2, 0.25) is 0 Å². The molecule has 0 aromatic carbocycles. The molecule has 74 valence electrons. The first kappa shape index (κ1) is 10.6. The summed E-state index contributed by atoms with van der Waals surface area (Å²) in [5, 5.41) is 9.48. The van der Waals surface area contributed by atoms with Gasteiger partial charge in [-0.3, -0.25) is 4.98 Å². The molecule has 4 nitrogen and oxygen atoms in total. The summed E-state index contributed by atoms with van der Waals surface area (Å²) in [7, 11) is -2.99. The minimum absolute atomic E-state index is 0.00602. The molecule has 1 N–H and O–H groups in total. The largest absolute Gasteiger partial charge is 0.387 e. The van der Waals surface area contributed by atoms with Crippen LogP contribution < -0.4 is 0 Å². The van der Waals surface area contributed by atoms with E-state index in [4.69, 9.17) is 0 Å². The molecule has 1 aromatic rings. The first-order valence-corrected chi connectivity index (χ1v) is 6.67. The lowest BCUT2D eigenvalue weighted by Gasteiger charge is -2.05. The van der Waals surface area contributed by atoms with E-state index in [1.165, 1.54) is 11.3 Å². The number of thiazole rings is 1. The van der Waals surface area contributed by atoms with E-state index in [0.717, 1.165) is 6.26 Å². The molecule has 1 atom stereocenters. The van der Waals surface area contributed by atoms with Crippen LogP contribution in [0.5, 0.6) is 0 Å². The third-order valence-corrected chi connectivity index (χ3v) is 3.40. The van der Waals surface area contributed by atoms with Gasteiger partial charge < -0.3 is 5.11 Å². The standard InChI is InChI=1S/C7H11NO3S2/c1-13(10,11)3-2-6(9)7-4-8-5-12-7/h4-6,9H,2-3H2,1H3. The van der Waals surface area contributed by atoms with Gasteiger partial charge in [0.05, 0.1) is 22.2 Å². The van der Waals surface area contributed by atoms with Crippen LogP contribution in [-0.2, 0) is 9.84 Å². The molecule has 0 bridgehead atoms. The van der Waals surface area contributed by atoms with Crippen molar-refractivity contribution in [3.05, 3.63) is 16.6 Å². The van der Waals surface area contributed by atoms with Gasteiger partial charge in [0, 0.05) is 12.5 Å². The lowest BCUT2D eigenvalue weighted by Crippen LogP contribution is -2.07. The molecule has 0 fully saturated rings. The van der Waals surface area contributed by atoms with Gasteiger partial charge in [0.2, 0.25) is 0 Å². The summed E-state index contributed by atoms with van der Waals surface area (Å²) in [5.74, 6) is 0.00602. The van der Waals surface area contributed by atoms with Crippen molar-refractivity contribution in [2.24, 2.45) is 0 Å². The van der Waals surface area contributed by atoms with Gasteiger partial charge in [0.15, 0.2) is 0 Å². The molecule has 0 aliphatic rings. The first-order valence-electron chi connectivity index (χ1n) is 3.73. The first-order chi connectivity index (χ1) is 5.99. The van der Waals surface area contributed by atoms with E-state index >= 15 is 0 Å². The van der Waals surface area contributed by atoms with Crippen LogP contribution in [0.15, 0.2) is 11.7 Å². The normalized spacial score (nSPS) is 14.3. The monoisotopic (exact) mass is 221 g/mol. The Morgan fingerprint density at radius 3 is 2.85 bits per heavy atom. The van der Waals surface area contributed by atoms with Gasteiger partial charge in [-0.15, -0.1) is 11.3 Å². The summed E-state index contributed by atoms with van der Waals surface area (Å²) in [6, 6.07) is 0. The Balaban J connectivity index is 2.48. The predicted octanol–water partition coefficient (Wildman–Crippen LogP) is 0.611. The molecule has 13 heavy (non-hydrogen) atoms. The van der Waals surface area contributed by atoms with Gasteiger partial charge in [0.25, 0.3) is 0 Å². The fourth-order valence-corrected chi connectivity index (χ4v) is 2.15. The maximum atomic E-state index is 10.8. The Hall–Kier alpha value is -0.460. The molecule has 0 saturated heterocycles. The van der Waals surface area contributed by atoms with E-state index in [1.807, 2.05) is 0 Å². The summed E-state index contributed by atoms with van der Waals surface area (Å²) in [4.78, 5) is 4.51. The Morgan fingerprint density at radius 1 is 1.69 bits per heavy atom. The number of aromatic nitrogens is 1. The van der Waals surface area contributed by atoms with Crippen molar-refractivity contribution in [3.63, 3.8) is 0 Å². The molecule has 1 rings (SSSR count). The SMILES string of the molecule is CS(=O)(=O)CCC(O)c1cncs1. The van der Waals surface area contributed by atoms with Gasteiger partial charge in [-0.2, -0.15) is 0 Å². The van der Waals surface area contributed by atoms with Gasteiger partial charge in [-0.25, -0.2) is 8.42 Å². The molecule has 0 aliphatic carbocycles. The number of aliphatic hydroxyl groups excluding tert-OH is 1. The van der Waals surface area contributed by atoms with Crippen LogP contribution in [0.1, 0.15) is 17.4 Å². The molecular weight excluding hydrogens is 210 g/mol. The van der Waals surface area contributed by atoms with Crippen molar-refractivity contribution in [1.82, 2.24) is 4.98 Å². The Labute approximate surface area is 81.2 Å². The van der Waals surface area contributed by atoms with E-state index < -0.39 is 15.9 Å². The summed E-state index contributed by atoms with van der Waals surface area (Å²) in [6.07, 6.45) is 2.24. The smallest absolute Gasteiger partial charge is 0.147 e. The highest BCUT2D eigenvalue weighted by molar-refractivity contribution is 7.90. The van der Waals surface area contributed by atoms with Crippen molar-refractivity contribution < 1.29 is 13.5 Å². The molecule has 0 radical (unpaired) electrons. The molecule has 0 spiro atoms. The van der Waals surface area contributed by atoms with E-state index in [-0.39, 0.29) is 12.2 Å². The van der Waals surface area contributed by atoms with E-state index in [9.17, 15) is 13.5 Å². The van der Waals surface area contributed by atoms with Crippen molar-refractivity contribution in [1.29, 1.82) is 0 Å². The summed E-state index contributed by atoms with van der Waals surface area (Å²) in [6.45, 7) is 0. The number of hydrogen-bond donors (Lipinski definition) is 1. The van der Waals surface area contributed by atoms with Crippen LogP contribution in [-0.4, -0.2) is 30.5 Å². The number of sulfone groups is 1. The molecule has 0 aliphatic heterocycles. The van der Waals surface area contributed by atoms with Gasteiger partial charge >= 0.3 is 0 Å². The highest BCUT2D eigenvalue weighted by atomic mass is 32.2. The zero-order valence-corrected chi connectivity index (χ0v) is 8.81. The van der Waals surface area contributed by atoms with E-state index in [1.54, 1.807) is 11.7 Å². The van der Waals surface area contributed by atoms with Crippen LogP contribution in [0, 0.1) is 0 Å². The number of rotatable bonds is 4. The average Bonchev–Trinajstić information content (AvgIpc) is 2.50. The Bertz CT molecular complexity index is 344. The highest BCUT2D eigenvalue weighted by Gasteiger charge is 2.12. The number of nitrogens with zero attached hydrogens (tertiary/aromatic N) is 1. The molecule has 1 heterocycles. The third kappa shape index (κ3) is 3.84. The maximum absolute atomic E-state index is 10.8. The minimum Gasteiger partial charge on any atom is -0.387 e. The van der Waals surface area contributed by atoms with Gasteiger partial charge in [-0.05, 0) is 6.42 Å². The number of aliphatic hydroxyl groups is 1. The van der Waals surface area contributed by atoms with Gasteiger partial charge in [-0.1, -0.05) is 0 Å². The molecular formula is C7H11NO3S2. The lowest BCUT2D eigenvalue weighted by molar-refractivity contribution is 0.178. The van der Waals surface area contributed by atoms with Gasteiger partial charge in [0.1, 0.15) is 9.84 Å². The Kier molecular flexibility index (Phi) is 3.40. The zero-order valence-electron chi connectivity index (χ0n) is 7.17. The molecule has 1 aromatic heterocycles. The van der Waals surface area contributed by atoms with Crippen LogP contribution in [0.25, 0.3) is 0 Å². The molecule has 1 unspecified atom stereocenters. The second kappa shape index (κ2) is 4.17. The molecule has 0 amide bonds.